The van der Waals surface area contributed by atoms with Crippen LogP contribution in [0.15, 0.2) is 12.1 Å². The molecule has 2 aromatic rings. The molecule has 7 nitrogen and oxygen atoms in total. The molecule has 0 bridgehead atoms. The second-order valence-electron chi connectivity index (χ2n) is 8.05. The molecule has 0 aliphatic carbocycles. The molecule has 10 heteroatoms. The summed E-state index contributed by atoms with van der Waals surface area (Å²) in [5.74, 6) is -0.161. The van der Waals surface area contributed by atoms with Crippen molar-refractivity contribution in [1.82, 2.24) is 20.1 Å². The van der Waals surface area contributed by atoms with E-state index < -0.39 is 0 Å². The van der Waals surface area contributed by atoms with Gasteiger partial charge in [0.2, 0.25) is 5.91 Å². The van der Waals surface area contributed by atoms with Crippen molar-refractivity contribution in [3.63, 3.8) is 0 Å². The zero-order chi connectivity index (χ0) is 21.3. The topological polar surface area (TPSA) is 77.6 Å². The third-order valence-corrected chi connectivity index (χ3v) is 7.74. The molecule has 0 unspecified atom stereocenters. The van der Waals surface area contributed by atoms with Gasteiger partial charge in [0.15, 0.2) is 5.13 Å². The van der Waals surface area contributed by atoms with E-state index in [2.05, 4.69) is 39.3 Å². The highest BCUT2D eigenvalue weighted by Gasteiger charge is 2.27. The lowest BCUT2D eigenvalue weighted by atomic mass is 10.1. The van der Waals surface area contributed by atoms with E-state index in [1.54, 1.807) is 23.5 Å². The first-order chi connectivity index (χ1) is 14.4. The maximum absolute atomic E-state index is 12.5. The molecule has 2 N–H and O–H groups in total. The number of thiophene rings is 1. The minimum atomic E-state index is -0.105. The van der Waals surface area contributed by atoms with Crippen LogP contribution >= 0.6 is 34.3 Å². The number of fused-ring (bicyclic) bond motifs is 1. The van der Waals surface area contributed by atoms with Gasteiger partial charge in [0.25, 0.3) is 5.91 Å². The Morgan fingerprint density at radius 2 is 2.13 bits per heavy atom. The number of amides is 2. The number of nitrogens with zero attached hydrogens (tertiary/aromatic N) is 3. The van der Waals surface area contributed by atoms with Gasteiger partial charge < -0.3 is 10.6 Å². The molecule has 0 radical (unpaired) electrons. The number of hydrogen-bond acceptors (Lipinski definition) is 7. The zero-order valence-corrected chi connectivity index (χ0v) is 19.5. The van der Waals surface area contributed by atoms with Crippen molar-refractivity contribution in [2.75, 3.05) is 31.5 Å². The molecular weight excluding hydrogens is 442 g/mol. The minimum Gasteiger partial charge on any atom is -0.347 e. The van der Waals surface area contributed by atoms with Crippen molar-refractivity contribution < 1.29 is 9.59 Å². The second kappa shape index (κ2) is 9.32. The normalized spacial score (nSPS) is 19.8. The monoisotopic (exact) mass is 467 g/mol. The van der Waals surface area contributed by atoms with Crippen molar-refractivity contribution in [3.05, 3.63) is 31.9 Å². The maximum atomic E-state index is 12.5. The van der Waals surface area contributed by atoms with E-state index in [1.165, 1.54) is 16.2 Å². The van der Waals surface area contributed by atoms with Crippen molar-refractivity contribution in [2.45, 2.75) is 45.3 Å². The van der Waals surface area contributed by atoms with E-state index in [9.17, 15) is 9.59 Å². The summed E-state index contributed by atoms with van der Waals surface area (Å²) in [6.45, 7) is 8.08. The molecule has 0 saturated carbocycles. The van der Waals surface area contributed by atoms with Gasteiger partial charge in [-0.3, -0.25) is 19.4 Å². The van der Waals surface area contributed by atoms with Gasteiger partial charge in [0, 0.05) is 49.6 Å². The Bertz CT molecular complexity index is 928. The Hall–Kier alpha value is -1.52. The lowest BCUT2D eigenvalue weighted by Crippen LogP contribution is -2.38. The van der Waals surface area contributed by atoms with Gasteiger partial charge in [-0.25, -0.2) is 4.98 Å². The first kappa shape index (κ1) is 21.7. The standard InChI is InChI=1S/C20H26ClN5O2S2/c1-12(2)26-8-6-14-16(10-26)30-20(23-14)24-18(27)11-25-7-5-13(9-25)22-19(28)15-3-4-17(21)29-15/h3-4,12-13H,5-11H2,1-2H3,(H,22,28)(H,23,24,27)/t13-/m1/s1. The van der Waals surface area contributed by atoms with E-state index in [0.29, 0.717) is 33.5 Å². The van der Waals surface area contributed by atoms with Crippen LogP contribution in [0.2, 0.25) is 4.34 Å². The van der Waals surface area contributed by atoms with Gasteiger partial charge in [-0.2, -0.15) is 0 Å². The number of rotatable bonds is 6. The first-order valence-corrected chi connectivity index (χ1v) is 12.2. The van der Waals surface area contributed by atoms with Crippen molar-refractivity contribution in [2.24, 2.45) is 0 Å². The van der Waals surface area contributed by atoms with Crippen LogP contribution in [0.4, 0.5) is 5.13 Å². The van der Waals surface area contributed by atoms with Crippen LogP contribution in [-0.2, 0) is 17.8 Å². The molecule has 1 saturated heterocycles. The number of thiazole rings is 1. The number of hydrogen-bond donors (Lipinski definition) is 2. The lowest BCUT2D eigenvalue weighted by molar-refractivity contribution is -0.117. The number of nitrogens with one attached hydrogen (secondary N) is 2. The molecule has 0 aromatic carbocycles. The molecule has 2 aliphatic rings. The molecule has 1 atom stereocenters. The number of likely N-dealkylation sites (tertiary alicyclic amines) is 1. The molecule has 2 amide bonds. The summed E-state index contributed by atoms with van der Waals surface area (Å²) >= 11 is 8.75. The predicted molar refractivity (Wildman–Crippen MR) is 122 cm³/mol. The van der Waals surface area contributed by atoms with E-state index in [1.807, 2.05) is 0 Å². The van der Waals surface area contributed by atoms with E-state index in [0.717, 1.165) is 38.2 Å². The van der Waals surface area contributed by atoms with Crippen molar-refractivity contribution in [3.8, 4) is 0 Å². The molecule has 162 valence electrons. The highest BCUT2D eigenvalue weighted by molar-refractivity contribution is 7.18. The fraction of sp³-hybridized carbons (Fsp3) is 0.550. The summed E-state index contributed by atoms with van der Waals surface area (Å²) in [5.41, 5.74) is 1.12. The smallest absolute Gasteiger partial charge is 0.261 e. The molecule has 2 aliphatic heterocycles. The summed E-state index contributed by atoms with van der Waals surface area (Å²) in [5, 5.41) is 6.68. The fourth-order valence-electron chi connectivity index (χ4n) is 3.86. The molecule has 0 spiro atoms. The van der Waals surface area contributed by atoms with Crippen LogP contribution in [0, 0.1) is 0 Å². The van der Waals surface area contributed by atoms with Gasteiger partial charge >= 0.3 is 0 Å². The van der Waals surface area contributed by atoms with E-state index in [-0.39, 0.29) is 17.9 Å². The molecule has 30 heavy (non-hydrogen) atoms. The van der Waals surface area contributed by atoms with Gasteiger partial charge in [0.05, 0.1) is 21.5 Å². The third kappa shape index (κ3) is 5.20. The van der Waals surface area contributed by atoms with Crippen LogP contribution in [0.25, 0.3) is 0 Å². The highest BCUT2D eigenvalue weighted by Crippen LogP contribution is 2.29. The Morgan fingerprint density at radius 3 is 2.87 bits per heavy atom. The van der Waals surface area contributed by atoms with Crippen LogP contribution < -0.4 is 10.6 Å². The van der Waals surface area contributed by atoms with Crippen LogP contribution in [0.3, 0.4) is 0 Å². The van der Waals surface area contributed by atoms with Gasteiger partial charge in [-0.1, -0.05) is 11.6 Å². The number of aromatic nitrogens is 1. The minimum absolute atomic E-state index is 0.0420. The summed E-state index contributed by atoms with van der Waals surface area (Å²) in [6.07, 6.45) is 1.76. The third-order valence-electron chi connectivity index (χ3n) is 5.51. The average molecular weight is 468 g/mol. The molecule has 1 fully saturated rings. The number of halogens is 1. The number of carbonyl (C=O) groups excluding carboxylic acids is 2. The van der Waals surface area contributed by atoms with Crippen LogP contribution in [-0.4, -0.2) is 64.9 Å². The highest BCUT2D eigenvalue weighted by atomic mass is 35.5. The summed E-state index contributed by atoms with van der Waals surface area (Å²) in [4.78, 5) is 35.8. The number of carbonyl (C=O) groups is 2. The summed E-state index contributed by atoms with van der Waals surface area (Å²) in [6, 6.07) is 4.01. The molecular formula is C20H26ClN5O2S2. The Morgan fingerprint density at radius 1 is 1.30 bits per heavy atom. The quantitative estimate of drug-likeness (QED) is 0.682. The average Bonchev–Trinajstić information content (AvgIpc) is 3.40. The molecule has 4 rings (SSSR count). The van der Waals surface area contributed by atoms with Gasteiger partial charge in [0.1, 0.15) is 0 Å². The van der Waals surface area contributed by atoms with E-state index >= 15 is 0 Å². The predicted octanol–water partition coefficient (Wildman–Crippen LogP) is 3.07. The van der Waals surface area contributed by atoms with Crippen LogP contribution in [0.1, 0.15) is 40.5 Å². The number of anilines is 1. The van der Waals surface area contributed by atoms with Crippen molar-refractivity contribution >= 4 is 51.2 Å². The van der Waals surface area contributed by atoms with Crippen LogP contribution in [0.5, 0.6) is 0 Å². The molecule has 2 aromatic heterocycles. The Kier molecular flexibility index (Phi) is 6.74. The largest absolute Gasteiger partial charge is 0.347 e. The lowest BCUT2D eigenvalue weighted by Gasteiger charge is -2.29. The maximum Gasteiger partial charge on any atom is 0.261 e. The fourth-order valence-corrected chi connectivity index (χ4v) is 5.85. The zero-order valence-electron chi connectivity index (χ0n) is 17.1. The Balaban J connectivity index is 1.25. The SMILES string of the molecule is CC(C)N1CCc2nc(NC(=O)CN3CC[C@@H](NC(=O)c4ccc(Cl)s4)C3)sc2C1. The van der Waals surface area contributed by atoms with Crippen molar-refractivity contribution in [1.29, 1.82) is 0 Å². The summed E-state index contributed by atoms with van der Waals surface area (Å²) < 4.78 is 0.602. The first-order valence-electron chi connectivity index (χ1n) is 10.2. The van der Waals surface area contributed by atoms with E-state index in [4.69, 9.17) is 11.6 Å². The second-order valence-corrected chi connectivity index (χ2v) is 10.8. The Labute approximate surface area is 189 Å². The summed E-state index contributed by atoms with van der Waals surface area (Å²) in [7, 11) is 0. The molecule has 4 heterocycles. The van der Waals surface area contributed by atoms with Gasteiger partial charge in [-0.05, 0) is 32.4 Å². The van der Waals surface area contributed by atoms with Gasteiger partial charge in [-0.15, -0.1) is 22.7 Å².